The Morgan fingerprint density at radius 1 is 1.50 bits per heavy atom. The molecule has 0 amide bonds. The molecule has 1 unspecified atom stereocenters. The van der Waals surface area contributed by atoms with E-state index in [0.717, 1.165) is 18.9 Å². The Labute approximate surface area is 113 Å². The number of likely N-dealkylation sites (N-methyl/N-ethyl adjacent to an activating group) is 1. The molecule has 1 aromatic rings. The Balaban J connectivity index is 2.18. The number of rotatable bonds is 3. The second-order valence-corrected chi connectivity index (χ2v) is 4.84. The van der Waals surface area contributed by atoms with Gasteiger partial charge in [0.2, 0.25) is 0 Å². The third-order valence-electron chi connectivity index (χ3n) is 3.17. The molecule has 2 rings (SSSR count). The van der Waals surface area contributed by atoms with Crippen molar-refractivity contribution >= 4 is 5.97 Å². The molecule has 0 aliphatic carbocycles. The van der Waals surface area contributed by atoms with E-state index in [0.29, 0.717) is 13.2 Å². The number of hydrogen-bond acceptors (Lipinski definition) is 3. The van der Waals surface area contributed by atoms with Crippen LogP contribution >= 0.6 is 0 Å². The highest BCUT2D eigenvalue weighted by Gasteiger charge is 2.37. The van der Waals surface area contributed by atoms with Gasteiger partial charge in [-0.15, -0.1) is 0 Å². The van der Waals surface area contributed by atoms with E-state index in [-0.39, 0.29) is 12.6 Å². The number of carboxylic acids is 1. The number of halogens is 3. The van der Waals surface area contributed by atoms with E-state index < -0.39 is 23.3 Å². The number of morpholine rings is 1. The van der Waals surface area contributed by atoms with Crippen LogP contribution < -0.4 is 0 Å². The third-order valence-corrected chi connectivity index (χ3v) is 3.17. The van der Waals surface area contributed by atoms with Crippen LogP contribution in [0.1, 0.15) is 15.9 Å². The van der Waals surface area contributed by atoms with Crippen molar-refractivity contribution in [2.45, 2.75) is 18.8 Å². The number of aromatic carboxylic acids is 1. The Morgan fingerprint density at radius 3 is 2.70 bits per heavy atom. The molecule has 1 aliphatic heterocycles. The first-order valence-corrected chi connectivity index (χ1v) is 6.08. The van der Waals surface area contributed by atoms with E-state index in [4.69, 9.17) is 9.84 Å². The van der Waals surface area contributed by atoms with Gasteiger partial charge < -0.3 is 19.3 Å². The van der Waals surface area contributed by atoms with Gasteiger partial charge in [-0.05, 0) is 7.05 Å². The number of ether oxygens (including phenoxy) is 1. The highest BCUT2D eigenvalue weighted by atomic mass is 19.4. The molecule has 1 atom stereocenters. The summed E-state index contributed by atoms with van der Waals surface area (Å²) in [6, 6.07) is 0. The number of carbonyl (C=O) groups is 1. The first-order valence-electron chi connectivity index (χ1n) is 6.08. The molecule has 8 heteroatoms. The molecule has 0 radical (unpaired) electrons. The number of aromatic nitrogens is 1. The minimum Gasteiger partial charge on any atom is -0.478 e. The van der Waals surface area contributed by atoms with Gasteiger partial charge in [0.05, 0.1) is 23.8 Å². The van der Waals surface area contributed by atoms with Crippen LogP contribution in [0.4, 0.5) is 13.2 Å². The lowest BCUT2D eigenvalue weighted by Crippen LogP contribution is -2.41. The summed E-state index contributed by atoms with van der Waals surface area (Å²) < 4.78 is 44.9. The van der Waals surface area contributed by atoms with Gasteiger partial charge in [0.25, 0.3) is 0 Å². The van der Waals surface area contributed by atoms with Gasteiger partial charge in [0.1, 0.15) is 0 Å². The fourth-order valence-electron chi connectivity index (χ4n) is 2.22. The third kappa shape index (κ3) is 3.31. The maximum Gasteiger partial charge on any atom is 0.418 e. The molecule has 1 fully saturated rings. The molecule has 5 nitrogen and oxygen atoms in total. The van der Waals surface area contributed by atoms with Crippen molar-refractivity contribution < 1.29 is 27.8 Å². The zero-order chi connectivity index (χ0) is 14.9. The quantitative estimate of drug-likeness (QED) is 0.918. The Morgan fingerprint density at radius 2 is 2.20 bits per heavy atom. The fraction of sp³-hybridized carbons (Fsp3) is 0.583. The van der Waals surface area contributed by atoms with E-state index in [1.54, 1.807) is 0 Å². The van der Waals surface area contributed by atoms with Gasteiger partial charge in [-0.25, -0.2) is 4.79 Å². The molecular formula is C12H15F3N2O3. The average Bonchev–Trinajstić information content (AvgIpc) is 2.73. The molecule has 0 bridgehead atoms. The van der Waals surface area contributed by atoms with Crippen molar-refractivity contribution in [2.24, 2.45) is 0 Å². The normalized spacial score (nSPS) is 21.1. The van der Waals surface area contributed by atoms with Crippen molar-refractivity contribution in [3.8, 4) is 0 Å². The summed E-state index contributed by atoms with van der Waals surface area (Å²) in [6.07, 6.45) is -3.10. The van der Waals surface area contributed by atoms with Crippen LogP contribution in [0.3, 0.4) is 0 Å². The summed E-state index contributed by atoms with van der Waals surface area (Å²) in [6.45, 7) is 2.08. The highest BCUT2D eigenvalue weighted by Crippen LogP contribution is 2.32. The van der Waals surface area contributed by atoms with E-state index in [1.807, 2.05) is 11.9 Å². The summed E-state index contributed by atoms with van der Waals surface area (Å²) in [5.74, 6) is -1.59. The second-order valence-electron chi connectivity index (χ2n) is 4.84. The maximum atomic E-state index is 12.7. The highest BCUT2D eigenvalue weighted by molar-refractivity contribution is 5.89. The molecule has 0 saturated carbocycles. The molecule has 1 saturated heterocycles. The molecule has 20 heavy (non-hydrogen) atoms. The average molecular weight is 292 g/mol. The topological polar surface area (TPSA) is 54.7 Å². The standard InChI is InChI=1S/C12H15F3N2O3/c1-16-2-3-20-8(4-16)5-17-6-9(11(18)19)10(7-17)12(13,14)15/h6-8H,2-5H2,1H3,(H,18,19). The Kier molecular flexibility index (Phi) is 4.05. The lowest BCUT2D eigenvalue weighted by Gasteiger charge is -2.30. The summed E-state index contributed by atoms with van der Waals surface area (Å²) in [4.78, 5) is 12.9. The summed E-state index contributed by atoms with van der Waals surface area (Å²) >= 11 is 0. The molecule has 0 aromatic carbocycles. The van der Waals surface area contributed by atoms with Crippen molar-refractivity contribution in [2.75, 3.05) is 26.7 Å². The predicted octanol–water partition coefficient (Wildman–Crippen LogP) is 1.54. The van der Waals surface area contributed by atoms with Crippen LogP contribution in [-0.2, 0) is 17.5 Å². The second kappa shape index (κ2) is 5.45. The number of hydrogen-bond donors (Lipinski definition) is 1. The van der Waals surface area contributed by atoms with Crippen LogP contribution in [0.5, 0.6) is 0 Å². The number of nitrogens with zero attached hydrogens (tertiary/aromatic N) is 2. The number of alkyl halides is 3. The van der Waals surface area contributed by atoms with Crippen LogP contribution in [0.15, 0.2) is 12.4 Å². The van der Waals surface area contributed by atoms with Crippen molar-refractivity contribution in [3.05, 3.63) is 23.5 Å². The van der Waals surface area contributed by atoms with Crippen molar-refractivity contribution in [3.63, 3.8) is 0 Å². The van der Waals surface area contributed by atoms with Crippen molar-refractivity contribution in [1.82, 2.24) is 9.47 Å². The Hall–Kier alpha value is -1.54. The predicted molar refractivity (Wildman–Crippen MR) is 63.6 cm³/mol. The zero-order valence-corrected chi connectivity index (χ0v) is 10.9. The number of carboxylic acid groups (broad SMARTS) is 1. The minimum absolute atomic E-state index is 0.195. The minimum atomic E-state index is -4.68. The smallest absolute Gasteiger partial charge is 0.418 e. The van der Waals surface area contributed by atoms with E-state index in [2.05, 4.69) is 0 Å². The van der Waals surface area contributed by atoms with Gasteiger partial charge in [-0.3, -0.25) is 0 Å². The molecule has 2 heterocycles. The van der Waals surface area contributed by atoms with Crippen molar-refractivity contribution in [1.29, 1.82) is 0 Å². The summed E-state index contributed by atoms with van der Waals surface area (Å²) in [7, 11) is 1.90. The molecular weight excluding hydrogens is 277 g/mol. The van der Waals surface area contributed by atoms with Crippen LogP contribution in [-0.4, -0.2) is 53.4 Å². The van der Waals surface area contributed by atoms with Gasteiger partial charge >= 0.3 is 12.1 Å². The van der Waals surface area contributed by atoms with Gasteiger partial charge in [0, 0.05) is 32.0 Å². The van der Waals surface area contributed by atoms with Crippen LogP contribution in [0, 0.1) is 0 Å². The van der Waals surface area contributed by atoms with Crippen LogP contribution in [0.2, 0.25) is 0 Å². The van der Waals surface area contributed by atoms with Gasteiger partial charge in [-0.2, -0.15) is 13.2 Å². The molecule has 1 N–H and O–H groups in total. The lowest BCUT2D eigenvalue weighted by atomic mass is 10.2. The first kappa shape index (κ1) is 14.9. The SMILES string of the molecule is CN1CCOC(Cn2cc(C(=O)O)c(C(F)(F)F)c2)C1. The first-order chi connectivity index (χ1) is 9.27. The maximum absolute atomic E-state index is 12.7. The molecule has 1 aromatic heterocycles. The zero-order valence-electron chi connectivity index (χ0n) is 10.9. The Bertz CT molecular complexity index is 499. The van der Waals surface area contributed by atoms with Gasteiger partial charge in [0.15, 0.2) is 0 Å². The van der Waals surface area contributed by atoms with E-state index in [1.165, 1.54) is 4.57 Å². The fourth-order valence-corrected chi connectivity index (χ4v) is 2.22. The summed E-state index contributed by atoms with van der Waals surface area (Å²) in [5.41, 5.74) is -1.86. The van der Waals surface area contributed by atoms with E-state index >= 15 is 0 Å². The van der Waals surface area contributed by atoms with Crippen LogP contribution in [0.25, 0.3) is 0 Å². The molecule has 1 aliphatic rings. The lowest BCUT2D eigenvalue weighted by molar-refractivity contribution is -0.138. The largest absolute Gasteiger partial charge is 0.478 e. The monoisotopic (exact) mass is 292 g/mol. The molecule has 112 valence electrons. The summed E-state index contributed by atoms with van der Waals surface area (Å²) in [5, 5.41) is 8.84. The van der Waals surface area contributed by atoms with Gasteiger partial charge in [-0.1, -0.05) is 0 Å². The molecule has 0 spiro atoms. The van der Waals surface area contributed by atoms with E-state index in [9.17, 15) is 18.0 Å².